The molecule has 1 fully saturated rings. The lowest BCUT2D eigenvalue weighted by Crippen LogP contribution is -2.40. The quantitative estimate of drug-likeness (QED) is 0.702. The van der Waals surface area contributed by atoms with Crippen LogP contribution in [0.1, 0.15) is 35.2 Å². The molecule has 0 bridgehead atoms. The molecule has 1 amide bonds. The van der Waals surface area contributed by atoms with Crippen LogP contribution in [0.25, 0.3) is 11.4 Å². The van der Waals surface area contributed by atoms with E-state index in [9.17, 15) is 13.6 Å². The van der Waals surface area contributed by atoms with Gasteiger partial charge >= 0.3 is 0 Å². The highest BCUT2D eigenvalue weighted by atomic mass is 19.1. The number of amides is 1. The number of nitrogens with zero attached hydrogens (tertiary/aromatic N) is 3. The van der Waals surface area contributed by atoms with Gasteiger partial charge in [0, 0.05) is 24.2 Å². The third-order valence-electron chi connectivity index (χ3n) is 5.50. The van der Waals surface area contributed by atoms with Crippen molar-refractivity contribution < 1.29 is 13.6 Å². The van der Waals surface area contributed by atoms with E-state index in [2.05, 4.69) is 15.2 Å². The molecule has 1 saturated heterocycles. The van der Waals surface area contributed by atoms with Crippen LogP contribution >= 0.6 is 0 Å². The number of piperidine rings is 1. The number of likely N-dealkylation sites (tertiary alicyclic amines) is 1. The predicted octanol–water partition coefficient (Wildman–Crippen LogP) is 4.23. The van der Waals surface area contributed by atoms with Gasteiger partial charge < -0.3 is 4.90 Å². The Morgan fingerprint density at radius 1 is 1.14 bits per heavy atom. The molecule has 1 aromatic heterocycles. The molecule has 7 heteroatoms. The maximum Gasteiger partial charge on any atom is 0.254 e. The lowest BCUT2D eigenvalue weighted by molar-refractivity contribution is 0.0668. The average molecular weight is 396 g/mol. The Hall–Kier alpha value is -3.09. The molecular formula is C22H22F2N4O. The van der Waals surface area contributed by atoms with Crippen molar-refractivity contribution in [3.05, 3.63) is 71.6 Å². The molecule has 1 aliphatic rings. The van der Waals surface area contributed by atoms with Crippen LogP contribution in [0.2, 0.25) is 0 Å². The minimum Gasteiger partial charge on any atom is -0.338 e. The van der Waals surface area contributed by atoms with Gasteiger partial charge in [0.05, 0.1) is 5.56 Å². The number of aromatic nitrogens is 3. The fourth-order valence-electron chi connectivity index (χ4n) is 3.99. The van der Waals surface area contributed by atoms with Crippen molar-refractivity contribution in [3.63, 3.8) is 0 Å². The van der Waals surface area contributed by atoms with Crippen LogP contribution in [0.3, 0.4) is 0 Å². The summed E-state index contributed by atoms with van der Waals surface area (Å²) in [5.74, 6) is -0.301. The van der Waals surface area contributed by atoms with E-state index in [0.29, 0.717) is 42.9 Å². The summed E-state index contributed by atoms with van der Waals surface area (Å²) in [5.41, 5.74) is 1.42. The number of carbonyl (C=O) groups is 1. The number of aromatic amines is 1. The number of hydrogen-bond donors (Lipinski definition) is 1. The van der Waals surface area contributed by atoms with Crippen molar-refractivity contribution in [3.8, 4) is 11.4 Å². The Balaban J connectivity index is 1.46. The van der Waals surface area contributed by atoms with Gasteiger partial charge in [0.2, 0.25) is 0 Å². The first-order valence-electron chi connectivity index (χ1n) is 9.80. The maximum atomic E-state index is 13.9. The van der Waals surface area contributed by atoms with Gasteiger partial charge in [0.15, 0.2) is 5.82 Å². The minimum absolute atomic E-state index is 0.0567. The topological polar surface area (TPSA) is 61.9 Å². The zero-order valence-electron chi connectivity index (χ0n) is 15.9. The summed E-state index contributed by atoms with van der Waals surface area (Å²) in [5, 5.41) is 6.68. The van der Waals surface area contributed by atoms with Gasteiger partial charge in [0.25, 0.3) is 5.91 Å². The first-order valence-corrected chi connectivity index (χ1v) is 9.80. The zero-order chi connectivity index (χ0) is 20.2. The molecule has 150 valence electrons. The zero-order valence-corrected chi connectivity index (χ0v) is 15.9. The molecule has 0 radical (unpaired) electrons. The fourth-order valence-corrected chi connectivity index (χ4v) is 3.99. The molecule has 1 aliphatic heterocycles. The third-order valence-corrected chi connectivity index (χ3v) is 5.50. The van der Waals surface area contributed by atoms with Gasteiger partial charge in [-0.15, -0.1) is 0 Å². The standard InChI is InChI=1S/C22H22F2N4O/c23-19-8-3-9-20(24)18(19)11-10-15-5-4-12-28(13-15)22(29)17-7-2-1-6-16(17)21-25-14-26-27-21/h1-3,6-9,14-15H,4-5,10-13H2,(H,25,26,27). The van der Waals surface area contributed by atoms with Gasteiger partial charge in [-0.3, -0.25) is 9.89 Å². The van der Waals surface area contributed by atoms with Crippen molar-refractivity contribution in [2.75, 3.05) is 13.1 Å². The molecule has 5 nitrogen and oxygen atoms in total. The summed E-state index contributed by atoms with van der Waals surface area (Å²) < 4.78 is 27.8. The molecule has 1 atom stereocenters. The largest absolute Gasteiger partial charge is 0.338 e. The van der Waals surface area contributed by atoms with Gasteiger partial charge in [-0.05, 0) is 49.8 Å². The molecule has 1 unspecified atom stereocenters. The molecular weight excluding hydrogens is 374 g/mol. The first-order chi connectivity index (χ1) is 14.1. The summed E-state index contributed by atoms with van der Waals surface area (Å²) in [6.07, 6.45) is 4.21. The Morgan fingerprint density at radius 3 is 2.69 bits per heavy atom. The van der Waals surface area contributed by atoms with Crippen LogP contribution in [0.4, 0.5) is 8.78 Å². The summed E-state index contributed by atoms with van der Waals surface area (Å²) in [4.78, 5) is 19.2. The van der Waals surface area contributed by atoms with E-state index in [4.69, 9.17) is 0 Å². The highest BCUT2D eigenvalue weighted by molar-refractivity contribution is 6.00. The molecule has 1 N–H and O–H groups in total. The highest BCUT2D eigenvalue weighted by Gasteiger charge is 2.26. The second-order valence-corrected chi connectivity index (χ2v) is 7.38. The molecule has 0 aliphatic carbocycles. The number of halogens is 2. The number of rotatable bonds is 5. The van der Waals surface area contributed by atoms with Crippen LogP contribution in [0.5, 0.6) is 0 Å². The summed E-state index contributed by atoms with van der Waals surface area (Å²) in [7, 11) is 0. The van der Waals surface area contributed by atoms with Crippen molar-refractivity contribution >= 4 is 5.91 Å². The van der Waals surface area contributed by atoms with Crippen LogP contribution in [-0.2, 0) is 6.42 Å². The molecule has 2 aromatic carbocycles. The van der Waals surface area contributed by atoms with Crippen LogP contribution in [-0.4, -0.2) is 39.1 Å². The Kier molecular flexibility index (Phi) is 5.64. The first kappa shape index (κ1) is 19.2. The minimum atomic E-state index is -0.505. The SMILES string of the molecule is O=C(c1ccccc1-c1ncn[nH]1)N1CCCC(CCc2c(F)cccc2F)C1. The number of hydrogen-bond acceptors (Lipinski definition) is 3. The van der Waals surface area contributed by atoms with E-state index in [1.807, 2.05) is 23.1 Å². The summed E-state index contributed by atoms with van der Waals surface area (Å²) in [6, 6.07) is 11.3. The number of nitrogens with one attached hydrogen (secondary N) is 1. The summed E-state index contributed by atoms with van der Waals surface area (Å²) >= 11 is 0. The molecule has 0 spiro atoms. The molecule has 2 heterocycles. The third kappa shape index (κ3) is 4.18. The number of H-pyrrole nitrogens is 1. The average Bonchev–Trinajstić information content (AvgIpc) is 3.28. The lowest BCUT2D eigenvalue weighted by Gasteiger charge is -2.33. The second-order valence-electron chi connectivity index (χ2n) is 7.38. The predicted molar refractivity (Wildman–Crippen MR) is 105 cm³/mol. The van der Waals surface area contributed by atoms with Gasteiger partial charge in [-0.2, -0.15) is 5.10 Å². The number of benzene rings is 2. The molecule has 4 rings (SSSR count). The Bertz CT molecular complexity index is 970. The van der Waals surface area contributed by atoms with Crippen molar-refractivity contribution in [1.82, 2.24) is 20.1 Å². The normalized spacial score (nSPS) is 16.8. The number of carbonyl (C=O) groups excluding carboxylic acids is 1. The van der Waals surface area contributed by atoms with Crippen LogP contribution < -0.4 is 0 Å². The van der Waals surface area contributed by atoms with E-state index in [1.54, 1.807) is 6.07 Å². The van der Waals surface area contributed by atoms with Gasteiger partial charge in [-0.25, -0.2) is 13.8 Å². The van der Waals surface area contributed by atoms with Crippen LogP contribution in [0, 0.1) is 17.6 Å². The summed E-state index contributed by atoms with van der Waals surface area (Å²) in [6.45, 7) is 1.26. The van der Waals surface area contributed by atoms with E-state index in [-0.39, 0.29) is 17.4 Å². The monoisotopic (exact) mass is 396 g/mol. The molecule has 3 aromatic rings. The second kappa shape index (κ2) is 8.51. The maximum absolute atomic E-state index is 13.9. The Labute approximate surface area is 167 Å². The van der Waals surface area contributed by atoms with Gasteiger partial charge in [-0.1, -0.05) is 24.3 Å². The van der Waals surface area contributed by atoms with E-state index >= 15 is 0 Å². The highest BCUT2D eigenvalue weighted by Crippen LogP contribution is 2.27. The molecule has 0 saturated carbocycles. The van der Waals surface area contributed by atoms with Gasteiger partial charge in [0.1, 0.15) is 18.0 Å². The van der Waals surface area contributed by atoms with Crippen molar-refractivity contribution in [2.45, 2.75) is 25.7 Å². The smallest absolute Gasteiger partial charge is 0.254 e. The van der Waals surface area contributed by atoms with E-state index in [1.165, 1.54) is 24.5 Å². The van der Waals surface area contributed by atoms with E-state index < -0.39 is 11.6 Å². The van der Waals surface area contributed by atoms with Crippen LogP contribution in [0.15, 0.2) is 48.8 Å². The Morgan fingerprint density at radius 2 is 1.93 bits per heavy atom. The molecule has 29 heavy (non-hydrogen) atoms. The lowest BCUT2D eigenvalue weighted by atomic mass is 9.91. The fraction of sp³-hybridized carbons (Fsp3) is 0.318. The van der Waals surface area contributed by atoms with Crippen molar-refractivity contribution in [1.29, 1.82) is 0 Å². The van der Waals surface area contributed by atoms with Crippen molar-refractivity contribution in [2.24, 2.45) is 5.92 Å². The van der Waals surface area contributed by atoms with E-state index in [0.717, 1.165) is 12.8 Å².